The molecule has 1 unspecified atom stereocenters. The maximum atomic E-state index is 6.15. The molecule has 0 saturated carbocycles. The minimum absolute atomic E-state index is 0.227. The largest absolute Gasteiger partial charge is 0.498 e. The van der Waals surface area contributed by atoms with Crippen molar-refractivity contribution in [3.63, 3.8) is 0 Å². The van der Waals surface area contributed by atoms with Gasteiger partial charge in [0.25, 0.3) is 0 Å². The predicted octanol–water partition coefficient (Wildman–Crippen LogP) is 12.4. The third kappa shape index (κ3) is 21.6. The van der Waals surface area contributed by atoms with Crippen LogP contribution in [0.25, 0.3) is 0 Å². The Morgan fingerprint density at radius 1 is 0.755 bits per heavy atom. The number of hydrogen-bond donors (Lipinski definition) is 0. The zero-order valence-corrected chi connectivity index (χ0v) is 36.2. The van der Waals surface area contributed by atoms with Gasteiger partial charge in [0, 0.05) is 5.92 Å². The molecule has 1 atom stereocenters. The van der Waals surface area contributed by atoms with Crippen LogP contribution >= 0.6 is 0 Å². The molecule has 6 nitrogen and oxygen atoms in total. The average molecular weight is 741 g/mol. The molecule has 3 aliphatic heterocycles. The Morgan fingerprint density at radius 3 is 1.51 bits per heavy atom. The van der Waals surface area contributed by atoms with Crippen LogP contribution in [0, 0.1) is 33.0 Å². The van der Waals surface area contributed by atoms with Crippen LogP contribution in [0.3, 0.4) is 0 Å². The van der Waals surface area contributed by atoms with E-state index >= 15 is 0 Å². The smallest absolute Gasteiger partial charge is 0.112 e. The first-order valence-corrected chi connectivity index (χ1v) is 19.6. The Balaban J connectivity index is 0.000000692. The number of ether oxygens (including phenoxy) is 6. The van der Waals surface area contributed by atoms with E-state index in [1.807, 2.05) is 38.2 Å². The first-order valence-electron chi connectivity index (χ1n) is 19.6. The van der Waals surface area contributed by atoms with Crippen molar-refractivity contribution in [1.29, 1.82) is 0 Å². The van der Waals surface area contributed by atoms with Gasteiger partial charge in [0.2, 0.25) is 0 Å². The molecule has 0 spiro atoms. The van der Waals surface area contributed by atoms with E-state index in [9.17, 15) is 0 Å². The molecule has 0 bridgehead atoms. The molecule has 0 aromatic carbocycles. The minimum atomic E-state index is 0.227. The standard InChI is InChI=1S/C16H26O2.C12H18O2.C9H16O2.C5H12.C5H8/c1-5-16(10-17-11-16)12-18-14-9-7-6-8-13(14)15(2,3)4;1-4-6-7-11(3)14-10-12(5-2)8-13-9-12;1-4-9(5-10-6-9)7-11-8(2)3;1-5(2,3)4;1-3-5-4-2/h6-7,9,13H,5,8,10-12H2,1-4H3;4,6-7H,1,3,5,8-10H2,2H3;2,4-7H2,1,3H3;1-4H3;3-5H,1H2,2H3/b;7-6-;;;5-4-. The monoisotopic (exact) mass is 741 g/mol. The lowest BCUT2D eigenvalue weighted by Crippen LogP contribution is -2.46. The van der Waals surface area contributed by atoms with E-state index in [0.29, 0.717) is 29.1 Å². The molecule has 0 aromatic heterocycles. The first-order chi connectivity index (χ1) is 24.8. The molecule has 0 amide bonds. The van der Waals surface area contributed by atoms with Gasteiger partial charge in [-0.1, -0.05) is 138 Å². The van der Waals surface area contributed by atoms with Crippen molar-refractivity contribution in [1.82, 2.24) is 0 Å². The quantitative estimate of drug-likeness (QED) is 0.123. The van der Waals surface area contributed by atoms with Crippen LogP contribution in [0.5, 0.6) is 0 Å². The van der Waals surface area contributed by atoms with Gasteiger partial charge in [0.1, 0.15) is 5.76 Å². The van der Waals surface area contributed by atoms with Gasteiger partial charge in [-0.15, -0.1) is 0 Å². The Bertz CT molecular complexity index is 1150. The van der Waals surface area contributed by atoms with Crippen molar-refractivity contribution >= 4 is 0 Å². The normalized spacial score (nSPS) is 20.2. The average Bonchev–Trinajstić information content (AvgIpc) is 3.03. The lowest BCUT2D eigenvalue weighted by molar-refractivity contribution is -0.145. The highest BCUT2D eigenvalue weighted by Crippen LogP contribution is 2.40. The van der Waals surface area contributed by atoms with Crippen molar-refractivity contribution in [2.45, 2.75) is 109 Å². The van der Waals surface area contributed by atoms with E-state index < -0.39 is 0 Å². The van der Waals surface area contributed by atoms with Gasteiger partial charge in [0.05, 0.1) is 87.2 Å². The fourth-order valence-corrected chi connectivity index (χ4v) is 5.00. The van der Waals surface area contributed by atoms with Crippen LogP contribution in [-0.2, 0) is 28.4 Å². The molecule has 3 fully saturated rings. The SMILES string of the molecule is C=C(C)OCC1(CC)COC1.C=C/C=C\C.C=C/C=C\C(=C)OCC1(CC)COC1.CC(C)(C)C.CCC1(COC2=CC=CCC2C(C)(C)C)COC1. The molecule has 53 heavy (non-hydrogen) atoms. The summed E-state index contributed by atoms with van der Waals surface area (Å²) in [5.74, 6) is 3.14. The van der Waals surface area contributed by atoms with Gasteiger partial charge >= 0.3 is 0 Å². The van der Waals surface area contributed by atoms with Gasteiger partial charge in [-0.05, 0) is 62.5 Å². The van der Waals surface area contributed by atoms with Gasteiger partial charge in [0.15, 0.2) is 0 Å². The first kappa shape index (κ1) is 50.2. The lowest BCUT2D eigenvalue weighted by Gasteiger charge is -2.42. The zero-order chi connectivity index (χ0) is 40.6. The van der Waals surface area contributed by atoms with Crippen LogP contribution in [0.1, 0.15) is 109 Å². The van der Waals surface area contributed by atoms with Gasteiger partial charge < -0.3 is 28.4 Å². The topological polar surface area (TPSA) is 55.4 Å². The second-order valence-corrected chi connectivity index (χ2v) is 17.6. The summed E-state index contributed by atoms with van der Waals surface area (Å²) in [6, 6.07) is 0. The van der Waals surface area contributed by atoms with E-state index in [-0.39, 0.29) is 16.2 Å². The fraction of sp³-hybridized carbons (Fsp3) is 0.660. The highest BCUT2D eigenvalue weighted by atomic mass is 16.5. The van der Waals surface area contributed by atoms with E-state index in [0.717, 1.165) is 90.1 Å². The fourth-order valence-electron chi connectivity index (χ4n) is 5.00. The Kier molecular flexibility index (Phi) is 24.0. The van der Waals surface area contributed by atoms with Crippen LogP contribution in [-0.4, -0.2) is 59.5 Å². The van der Waals surface area contributed by atoms with E-state index in [4.69, 9.17) is 28.4 Å². The Labute approximate surface area is 327 Å². The third-order valence-corrected chi connectivity index (χ3v) is 9.34. The molecule has 0 radical (unpaired) electrons. The molecule has 4 aliphatic rings. The van der Waals surface area contributed by atoms with E-state index in [1.54, 1.807) is 12.2 Å². The Morgan fingerprint density at radius 2 is 1.19 bits per heavy atom. The van der Waals surface area contributed by atoms with E-state index in [2.05, 4.69) is 114 Å². The molecule has 1 aliphatic carbocycles. The summed E-state index contributed by atoms with van der Waals surface area (Å²) < 4.78 is 32.7. The van der Waals surface area contributed by atoms with Crippen molar-refractivity contribution in [3.8, 4) is 0 Å². The summed E-state index contributed by atoms with van der Waals surface area (Å²) in [6.45, 7) is 47.8. The minimum Gasteiger partial charge on any atom is -0.498 e. The summed E-state index contributed by atoms with van der Waals surface area (Å²) in [6.07, 6.45) is 21.9. The second kappa shape index (κ2) is 25.3. The van der Waals surface area contributed by atoms with Crippen molar-refractivity contribution < 1.29 is 28.4 Å². The van der Waals surface area contributed by atoms with Crippen molar-refractivity contribution in [2.24, 2.45) is 33.0 Å². The molecule has 4 rings (SSSR count). The molecule has 0 N–H and O–H groups in total. The molecule has 6 heteroatoms. The van der Waals surface area contributed by atoms with E-state index in [1.165, 1.54) is 0 Å². The molecular formula is C47H80O6. The second-order valence-electron chi connectivity index (χ2n) is 17.6. The van der Waals surface area contributed by atoms with Crippen LogP contribution < -0.4 is 0 Å². The third-order valence-electron chi connectivity index (χ3n) is 9.34. The number of hydrogen-bond acceptors (Lipinski definition) is 6. The molecule has 304 valence electrons. The van der Waals surface area contributed by atoms with Gasteiger partial charge in [-0.2, -0.15) is 0 Å². The summed E-state index contributed by atoms with van der Waals surface area (Å²) in [5, 5.41) is 0. The molecular weight excluding hydrogens is 661 g/mol. The highest BCUT2D eigenvalue weighted by Gasteiger charge is 2.40. The zero-order valence-electron chi connectivity index (χ0n) is 36.2. The summed E-state index contributed by atoms with van der Waals surface area (Å²) >= 11 is 0. The number of rotatable bonds is 15. The van der Waals surface area contributed by atoms with Crippen molar-refractivity contribution in [3.05, 3.63) is 98.3 Å². The maximum absolute atomic E-state index is 6.15. The summed E-state index contributed by atoms with van der Waals surface area (Å²) in [5.41, 5.74) is 1.54. The highest BCUT2D eigenvalue weighted by molar-refractivity contribution is 5.19. The van der Waals surface area contributed by atoms with Gasteiger partial charge in [-0.25, -0.2) is 0 Å². The van der Waals surface area contributed by atoms with Gasteiger partial charge in [-0.3, -0.25) is 0 Å². The lowest BCUT2D eigenvalue weighted by atomic mass is 9.76. The van der Waals surface area contributed by atoms with Crippen LogP contribution in [0.4, 0.5) is 0 Å². The van der Waals surface area contributed by atoms with Crippen molar-refractivity contribution in [2.75, 3.05) is 59.5 Å². The molecule has 0 aromatic rings. The predicted molar refractivity (Wildman–Crippen MR) is 227 cm³/mol. The summed E-state index contributed by atoms with van der Waals surface area (Å²) in [4.78, 5) is 0. The van der Waals surface area contributed by atoms with Crippen LogP contribution in [0.15, 0.2) is 98.3 Å². The summed E-state index contributed by atoms with van der Waals surface area (Å²) in [7, 11) is 0. The van der Waals surface area contributed by atoms with Crippen LogP contribution in [0.2, 0.25) is 0 Å². The molecule has 3 saturated heterocycles. The molecule has 3 heterocycles. The maximum Gasteiger partial charge on any atom is 0.112 e. The Hall–Kier alpha value is -2.80. The number of allylic oxidation sites excluding steroid dienone is 11.